The van der Waals surface area contributed by atoms with Gasteiger partial charge in [-0.05, 0) is 35.2 Å². The number of carbonyl (C=O) groups excluding carboxylic acids is 1. The van der Waals surface area contributed by atoms with Crippen molar-refractivity contribution >= 4 is 17.7 Å². The maximum absolute atomic E-state index is 12.4. The molecule has 5 heteroatoms. The number of cyclic esters (lactones) is 1. The lowest BCUT2D eigenvalue weighted by molar-refractivity contribution is -0.147. The molecule has 31 heavy (non-hydrogen) atoms. The Morgan fingerprint density at radius 1 is 0.903 bits per heavy atom. The van der Waals surface area contributed by atoms with E-state index in [2.05, 4.69) is 12.1 Å². The van der Waals surface area contributed by atoms with E-state index in [4.69, 9.17) is 9.47 Å². The molecule has 1 N–H and O–H groups in total. The van der Waals surface area contributed by atoms with E-state index in [-0.39, 0.29) is 18.8 Å². The third kappa shape index (κ3) is 5.70. The predicted molar refractivity (Wildman–Crippen MR) is 124 cm³/mol. The van der Waals surface area contributed by atoms with Crippen LogP contribution in [0.3, 0.4) is 0 Å². The molecule has 0 saturated heterocycles. The van der Waals surface area contributed by atoms with Gasteiger partial charge in [0.1, 0.15) is 29.1 Å². The normalized spacial score (nSPS) is 16.1. The average molecular weight is 433 g/mol. The number of ether oxygens (including phenoxy) is 2. The quantitative estimate of drug-likeness (QED) is 0.456. The number of carbonyl (C=O) groups is 1. The molecule has 0 saturated carbocycles. The highest BCUT2D eigenvalue weighted by atomic mass is 32.2. The number of thioether (sulfide) groups is 1. The maximum Gasteiger partial charge on any atom is 0.348 e. The van der Waals surface area contributed by atoms with Crippen LogP contribution in [-0.4, -0.2) is 29.5 Å². The summed E-state index contributed by atoms with van der Waals surface area (Å²) in [7, 11) is 0. The summed E-state index contributed by atoms with van der Waals surface area (Å²) in [6, 6.07) is 28.0. The van der Waals surface area contributed by atoms with Crippen LogP contribution in [0, 0.1) is 0 Å². The lowest BCUT2D eigenvalue weighted by atomic mass is 10.1. The summed E-state index contributed by atoms with van der Waals surface area (Å²) in [5.74, 6) is 1.01. The highest BCUT2D eigenvalue weighted by molar-refractivity contribution is 8.04. The topological polar surface area (TPSA) is 55.8 Å². The molecule has 1 atom stereocenters. The number of rotatable bonds is 8. The van der Waals surface area contributed by atoms with Gasteiger partial charge in [0.05, 0.1) is 0 Å². The molecule has 3 aromatic rings. The summed E-state index contributed by atoms with van der Waals surface area (Å²) >= 11 is 1.34. The minimum Gasteiger partial charge on any atom is -0.511 e. The van der Waals surface area contributed by atoms with Crippen LogP contribution in [0.15, 0.2) is 95.6 Å². The first-order valence-corrected chi connectivity index (χ1v) is 11.3. The van der Waals surface area contributed by atoms with Crippen molar-refractivity contribution < 1.29 is 19.4 Å². The largest absolute Gasteiger partial charge is 0.511 e. The van der Waals surface area contributed by atoms with E-state index in [9.17, 15) is 9.90 Å². The van der Waals surface area contributed by atoms with Crippen LogP contribution in [0.4, 0.5) is 0 Å². The van der Waals surface area contributed by atoms with Crippen LogP contribution < -0.4 is 4.74 Å². The molecule has 1 aliphatic rings. The van der Waals surface area contributed by atoms with Gasteiger partial charge in [-0.1, -0.05) is 72.8 Å². The van der Waals surface area contributed by atoms with E-state index < -0.39 is 12.1 Å². The molecular formula is C26H24O4S. The van der Waals surface area contributed by atoms with Gasteiger partial charge in [0.15, 0.2) is 0 Å². The smallest absolute Gasteiger partial charge is 0.348 e. The fourth-order valence-corrected chi connectivity index (χ4v) is 4.34. The Morgan fingerprint density at radius 2 is 1.55 bits per heavy atom. The second kappa shape index (κ2) is 10.2. The first-order valence-electron chi connectivity index (χ1n) is 10.3. The molecule has 4 nitrogen and oxygen atoms in total. The van der Waals surface area contributed by atoms with Crippen LogP contribution in [0.2, 0.25) is 0 Å². The minimum absolute atomic E-state index is 0.0855. The first kappa shape index (κ1) is 21.1. The Labute approximate surface area is 186 Å². The molecule has 0 aliphatic carbocycles. The highest BCUT2D eigenvalue weighted by Gasteiger charge is 2.29. The van der Waals surface area contributed by atoms with Crippen LogP contribution in [0.5, 0.6) is 5.75 Å². The van der Waals surface area contributed by atoms with Gasteiger partial charge in [0.25, 0.3) is 0 Å². The number of esters is 1. The van der Waals surface area contributed by atoms with Gasteiger partial charge < -0.3 is 14.6 Å². The molecule has 1 aliphatic heterocycles. The molecule has 0 spiro atoms. The van der Waals surface area contributed by atoms with E-state index >= 15 is 0 Å². The van der Waals surface area contributed by atoms with Crippen molar-refractivity contribution in [2.45, 2.75) is 18.9 Å². The zero-order chi connectivity index (χ0) is 21.5. The summed E-state index contributed by atoms with van der Waals surface area (Å²) in [6.45, 7) is 0.197. The molecule has 1 heterocycles. The molecule has 3 aromatic carbocycles. The summed E-state index contributed by atoms with van der Waals surface area (Å²) in [5, 5.41) is 10.4. The summed E-state index contributed by atoms with van der Waals surface area (Å²) < 4.78 is 11.3. The maximum atomic E-state index is 12.4. The van der Waals surface area contributed by atoms with Gasteiger partial charge in [0, 0.05) is 12.2 Å². The average Bonchev–Trinajstić information content (AvgIpc) is 2.81. The van der Waals surface area contributed by atoms with Crippen LogP contribution in [0.1, 0.15) is 12.0 Å². The van der Waals surface area contributed by atoms with Crippen LogP contribution in [-0.2, 0) is 16.0 Å². The summed E-state index contributed by atoms with van der Waals surface area (Å²) in [6.07, 6.45) is 0.586. The SMILES string of the molecule is O=C1OC(COc2ccc(-c3ccccc3)cc2)CC(O)=C1SCCc1ccccc1. The third-order valence-corrected chi connectivity index (χ3v) is 6.12. The Balaban J connectivity index is 1.28. The molecule has 0 bridgehead atoms. The molecule has 0 amide bonds. The fraction of sp³-hybridized carbons (Fsp3) is 0.192. The Kier molecular flexibility index (Phi) is 6.95. The Morgan fingerprint density at radius 3 is 2.23 bits per heavy atom. The van der Waals surface area contributed by atoms with E-state index in [0.717, 1.165) is 17.5 Å². The Hall–Kier alpha value is -3.18. The molecule has 1 unspecified atom stereocenters. The Bertz CT molecular complexity index is 1030. The number of aliphatic hydroxyl groups excluding tert-OH is 1. The third-order valence-electron chi connectivity index (χ3n) is 5.02. The van der Waals surface area contributed by atoms with Crippen molar-refractivity contribution in [2.75, 3.05) is 12.4 Å². The molecule has 4 rings (SSSR count). The second-order valence-electron chi connectivity index (χ2n) is 7.29. The van der Waals surface area contributed by atoms with Gasteiger partial charge in [-0.3, -0.25) is 0 Å². The van der Waals surface area contributed by atoms with Crippen LogP contribution >= 0.6 is 11.8 Å². The van der Waals surface area contributed by atoms with Gasteiger partial charge in [-0.2, -0.15) is 0 Å². The van der Waals surface area contributed by atoms with Crippen molar-refractivity contribution in [1.29, 1.82) is 0 Å². The molecule has 158 valence electrons. The molecule has 0 aromatic heterocycles. The van der Waals surface area contributed by atoms with Crippen molar-refractivity contribution in [3.63, 3.8) is 0 Å². The molecule has 0 radical (unpaired) electrons. The zero-order valence-corrected chi connectivity index (χ0v) is 17.9. The van der Waals surface area contributed by atoms with Gasteiger partial charge in [0.2, 0.25) is 0 Å². The number of benzene rings is 3. The lowest BCUT2D eigenvalue weighted by Crippen LogP contribution is -2.30. The fourth-order valence-electron chi connectivity index (χ4n) is 3.39. The number of hydrogen-bond acceptors (Lipinski definition) is 5. The van der Waals surface area contributed by atoms with Crippen molar-refractivity contribution in [2.24, 2.45) is 0 Å². The predicted octanol–water partition coefficient (Wildman–Crippen LogP) is 5.79. The monoisotopic (exact) mass is 432 g/mol. The van der Waals surface area contributed by atoms with Crippen molar-refractivity contribution in [1.82, 2.24) is 0 Å². The van der Waals surface area contributed by atoms with Gasteiger partial charge >= 0.3 is 5.97 Å². The van der Waals surface area contributed by atoms with Crippen molar-refractivity contribution in [3.05, 3.63) is 101 Å². The van der Waals surface area contributed by atoms with E-state index in [1.807, 2.05) is 72.8 Å². The van der Waals surface area contributed by atoms with Crippen molar-refractivity contribution in [3.8, 4) is 16.9 Å². The molecule has 0 fully saturated rings. The molecular weight excluding hydrogens is 408 g/mol. The van der Waals surface area contributed by atoms with Gasteiger partial charge in [-0.25, -0.2) is 4.79 Å². The minimum atomic E-state index is -0.500. The van der Waals surface area contributed by atoms with E-state index in [1.54, 1.807) is 0 Å². The number of aryl methyl sites for hydroxylation is 1. The standard InChI is InChI=1S/C26H24O4S/c27-24-17-23(30-26(28)25(24)31-16-15-19-7-3-1-4-8-19)18-29-22-13-11-21(12-14-22)20-9-5-2-6-10-20/h1-14,23,27H,15-18H2. The summed E-state index contributed by atoms with van der Waals surface area (Å²) in [4.78, 5) is 12.7. The van der Waals surface area contributed by atoms with Crippen LogP contribution in [0.25, 0.3) is 11.1 Å². The highest BCUT2D eigenvalue weighted by Crippen LogP contribution is 2.30. The number of hydrogen-bond donors (Lipinski definition) is 1. The lowest BCUT2D eigenvalue weighted by Gasteiger charge is -2.24. The van der Waals surface area contributed by atoms with E-state index in [1.165, 1.54) is 17.3 Å². The first-order chi connectivity index (χ1) is 15.2. The zero-order valence-electron chi connectivity index (χ0n) is 17.1. The van der Waals surface area contributed by atoms with E-state index in [0.29, 0.717) is 16.4 Å². The van der Waals surface area contributed by atoms with Gasteiger partial charge in [-0.15, -0.1) is 11.8 Å². The summed E-state index contributed by atoms with van der Waals surface area (Å²) in [5.41, 5.74) is 3.45. The number of aliphatic hydroxyl groups is 1. The second-order valence-corrected chi connectivity index (χ2v) is 8.40.